The number of hydrogen-bond donors (Lipinski definition) is 3. The zero-order chi connectivity index (χ0) is 17.2. The number of hydrogen-bond acceptors (Lipinski definition) is 4. The quantitative estimate of drug-likeness (QED) is 0.582. The van der Waals surface area contributed by atoms with E-state index < -0.39 is 0 Å². The zero-order valence-corrected chi connectivity index (χ0v) is 14.3. The van der Waals surface area contributed by atoms with Gasteiger partial charge in [-0.05, 0) is 30.7 Å². The number of amides is 1. The SMILES string of the molecule is CC(C)(C)C(=N)/C=C(\O)NC(=O)[C@@H]1CCN1c1ccc(Cl)cc1. The van der Waals surface area contributed by atoms with Crippen molar-refractivity contribution in [1.29, 1.82) is 5.41 Å². The third-order valence-corrected chi connectivity index (χ3v) is 4.07. The zero-order valence-electron chi connectivity index (χ0n) is 13.6. The Morgan fingerprint density at radius 2 is 2.00 bits per heavy atom. The summed E-state index contributed by atoms with van der Waals surface area (Å²) in [6, 6.07) is 6.98. The Bertz CT molecular complexity index is 632. The van der Waals surface area contributed by atoms with Gasteiger partial charge in [-0.2, -0.15) is 0 Å². The fourth-order valence-electron chi connectivity index (χ4n) is 2.20. The molecule has 6 heteroatoms. The van der Waals surface area contributed by atoms with E-state index >= 15 is 0 Å². The molecule has 0 bridgehead atoms. The lowest BCUT2D eigenvalue weighted by molar-refractivity contribution is -0.123. The third-order valence-electron chi connectivity index (χ3n) is 3.82. The fourth-order valence-corrected chi connectivity index (χ4v) is 2.33. The Balaban J connectivity index is 2.00. The van der Waals surface area contributed by atoms with E-state index in [1.165, 1.54) is 6.08 Å². The molecular weight excluding hydrogens is 314 g/mol. The molecule has 0 unspecified atom stereocenters. The number of anilines is 1. The van der Waals surface area contributed by atoms with Crippen LogP contribution in [-0.4, -0.2) is 29.3 Å². The Hall–Kier alpha value is -2.01. The Morgan fingerprint density at radius 1 is 1.39 bits per heavy atom. The van der Waals surface area contributed by atoms with Crippen LogP contribution >= 0.6 is 11.6 Å². The predicted molar refractivity (Wildman–Crippen MR) is 93.2 cm³/mol. The molecule has 23 heavy (non-hydrogen) atoms. The maximum Gasteiger partial charge on any atom is 0.249 e. The summed E-state index contributed by atoms with van der Waals surface area (Å²) in [7, 11) is 0. The van der Waals surface area contributed by atoms with Crippen LogP contribution in [0.3, 0.4) is 0 Å². The topological polar surface area (TPSA) is 76.4 Å². The van der Waals surface area contributed by atoms with Crippen LogP contribution < -0.4 is 10.2 Å². The van der Waals surface area contributed by atoms with Crippen molar-refractivity contribution in [2.45, 2.75) is 33.2 Å². The number of carbonyl (C=O) groups excluding carboxylic acids is 1. The lowest BCUT2D eigenvalue weighted by atomic mass is 9.90. The molecule has 1 aliphatic rings. The average Bonchev–Trinajstić information content (AvgIpc) is 2.38. The van der Waals surface area contributed by atoms with Crippen molar-refractivity contribution in [2.24, 2.45) is 5.41 Å². The summed E-state index contributed by atoms with van der Waals surface area (Å²) in [5.74, 6) is -0.570. The highest BCUT2D eigenvalue weighted by Gasteiger charge is 2.34. The maximum absolute atomic E-state index is 12.3. The molecule has 1 aromatic rings. The van der Waals surface area contributed by atoms with Gasteiger partial charge in [-0.1, -0.05) is 32.4 Å². The first-order valence-corrected chi connectivity index (χ1v) is 7.89. The molecule has 3 N–H and O–H groups in total. The molecule has 1 fully saturated rings. The van der Waals surface area contributed by atoms with Crippen LogP contribution in [0.1, 0.15) is 27.2 Å². The second kappa shape index (κ2) is 6.62. The number of nitrogens with zero attached hydrogens (tertiary/aromatic N) is 1. The molecule has 2 rings (SSSR count). The number of halogens is 1. The highest BCUT2D eigenvalue weighted by Crippen LogP contribution is 2.27. The van der Waals surface area contributed by atoms with E-state index in [9.17, 15) is 9.90 Å². The molecule has 1 atom stereocenters. The standard InChI is InChI=1S/C17H22ClN3O2/c1-17(2,3)14(19)10-15(22)20-16(23)13-8-9-21(13)12-6-4-11(18)5-7-12/h4-7,10,13,19,22H,8-9H2,1-3H3,(H,20,23)/b15-10-,19-14?/t13-/m0/s1. The summed E-state index contributed by atoms with van der Waals surface area (Å²) < 4.78 is 0. The highest BCUT2D eigenvalue weighted by molar-refractivity contribution is 6.30. The molecule has 1 aromatic carbocycles. The minimum atomic E-state index is -0.384. The van der Waals surface area contributed by atoms with Gasteiger partial charge in [0, 0.05) is 34.5 Å². The van der Waals surface area contributed by atoms with E-state index in [2.05, 4.69) is 5.32 Å². The Labute approximate surface area is 141 Å². The summed E-state index contributed by atoms with van der Waals surface area (Å²) in [4.78, 5) is 14.2. The van der Waals surface area contributed by atoms with Crippen LogP contribution in [0.25, 0.3) is 0 Å². The van der Waals surface area contributed by atoms with Gasteiger partial charge in [0.1, 0.15) is 6.04 Å². The van der Waals surface area contributed by atoms with Gasteiger partial charge in [-0.15, -0.1) is 0 Å². The Kier molecular flexibility index (Phi) is 5.00. The molecule has 0 aromatic heterocycles. The molecule has 0 saturated carbocycles. The summed E-state index contributed by atoms with van der Waals surface area (Å²) in [6.07, 6.45) is 2.00. The molecule has 0 spiro atoms. The Morgan fingerprint density at radius 3 is 2.48 bits per heavy atom. The van der Waals surface area contributed by atoms with Gasteiger partial charge in [-0.25, -0.2) is 0 Å². The minimum Gasteiger partial charge on any atom is -0.494 e. The maximum atomic E-state index is 12.3. The lowest BCUT2D eigenvalue weighted by Gasteiger charge is -2.41. The molecule has 1 saturated heterocycles. The smallest absolute Gasteiger partial charge is 0.249 e. The van der Waals surface area contributed by atoms with Crippen LogP contribution in [-0.2, 0) is 4.79 Å². The molecule has 0 aliphatic carbocycles. The van der Waals surface area contributed by atoms with E-state index in [4.69, 9.17) is 17.0 Å². The minimum absolute atomic E-state index is 0.249. The van der Waals surface area contributed by atoms with Crippen molar-refractivity contribution in [3.8, 4) is 0 Å². The van der Waals surface area contributed by atoms with Gasteiger partial charge in [0.05, 0.1) is 0 Å². The van der Waals surface area contributed by atoms with Crippen molar-refractivity contribution in [2.75, 3.05) is 11.4 Å². The predicted octanol–water partition coefficient (Wildman–Crippen LogP) is 3.50. The van der Waals surface area contributed by atoms with E-state index in [1.54, 1.807) is 12.1 Å². The number of aliphatic hydroxyl groups is 1. The molecule has 1 aliphatic heterocycles. The highest BCUT2D eigenvalue weighted by atomic mass is 35.5. The lowest BCUT2D eigenvalue weighted by Crippen LogP contribution is -2.56. The van der Waals surface area contributed by atoms with Crippen molar-refractivity contribution >= 4 is 28.9 Å². The molecular formula is C17H22ClN3O2. The molecule has 0 radical (unpaired) electrons. The van der Waals surface area contributed by atoms with Crippen molar-refractivity contribution in [3.05, 3.63) is 41.2 Å². The first-order valence-electron chi connectivity index (χ1n) is 7.51. The van der Waals surface area contributed by atoms with Crippen molar-refractivity contribution < 1.29 is 9.90 Å². The molecule has 124 valence electrons. The number of aliphatic hydroxyl groups excluding tert-OH is 1. The number of allylic oxidation sites excluding steroid dienone is 1. The van der Waals surface area contributed by atoms with Gasteiger partial charge in [0.25, 0.3) is 0 Å². The van der Waals surface area contributed by atoms with E-state index in [-0.39, 0.29) is 29.0 Å². The summed E-state index contributed by atoms with van der Waals surface area (Å²) in [5.41, 5.74) is 0.787. The van der Waals surface area contributed by atoms with Crippen molar-refractivity contribution in [3.63, 3.8) is 0 Å². The average molecular weight is 336 g/mol. The monoisotopic (exact) mass is 335 g/mol. The van der Waals surface area contributed by atoms with Gasteiger partial charge in [0.2, 0.25) is 5.91 Å². The largest absolute Gasteiger partial charge is 0.494 e. The van der Waals surface area contributed by atoms with E-state index in [0.29, 0.717) is 5.02 Å². The summed E-state index contributed by atoms with van der Waals surface area (Å²) in [5, 5.41) is 20.8. The second-order valence-corrected chi connectivity index (χ2v) is 7.09. The van der Waals surface area contributed by atoms with E-state index in [0.717, 1.165) is 18.7 Å². The van der Waals surface area contributed by atoms with Gasteiger partial charge in [-0.3, -0.25) is 10.1 Å². The normalized spacial score (nSPS) is 18.3. The molecule has 1 heterocycles. The number of nitrogens with one attached hydrogen (secondary N) is 2. The molecule has 5 nitrogen and oxygen atoms in total. The van der Waals surface area contributed by atoms with Crippen LogP contribution in [0.15, 0.2) is 36.2 Å². The van der Waals surface area contributed by atoms with Gasteiger partial charge >= 0.3 is 0 Å². The van der Waals surface area contributed by atoms with Crippen LogP contribution in [0.5, 0.6) is 0 Å². The molecule has 1 amide bonds. The van der Waals surface area contributed by atoms with Crippen LogP contribution in [0, 0.1) is 10.8 Å². The van der Waals surface area contributed by atoms with Gasteiger partial charge in [0.15, 0.2) is 5.88 Å². The first kappa shape index (κ1) is 17.3. The number of rotatable bonds is 4. The number of benzene rings is 1. The van der Waals surface area contributed by atoms with Crippen LogP contribution in [0.4, 0.5) is 5.69 Å². The summed E-state index contributed by atoms with van der Waals surface area (Å²) >= 11 is 5.87. The van der Waals surface area contributed by atoms with Gasteiger partial charge < -0.3 is 15.4 Å². The third kappa shape index (κ3) is 4.26. The summed E-state index contributed by atoms with van der Waals surface area (Å²) in [6.45, 7) is 6.39. The van der Waals surface area contributed by atoms with Crippen molar-refractivity contribution in [1.82, 2.24) is 5.32 Å². The van der Waals surface area contributed by atoms with Crippen LogP contribution in [0.2, 0.25) is 5.02 Å². The second-order valence-electron chi connectivity index (χ2n) is 6.66. The van der Waals surface area contributed by atoms with E-state index in [1.807, 2.05) is 37.8 Å². The first-order chi connectivity index (χ1) is 10.7. The fraction of sp³-hybridized carbons (Fsp3) is 0.412. The number of carbonyl (C=O) groups is 1.